The number of benzene rings is 2. The Morgan fingerprint density at radius 2 is 2.04 bits per heavy atom. The monoisotopic (exact) mass is 345 g/mol. The van der Waals surface area contributed by atoms with Gasteiger partial charge in [-0.25, -0.2) is 4.98 Å². The minimum Gasteiger partial charge on any atom is -0.384 e. The Morgan fingerprint density at radius 1 is 1.12 bits per heavy atom. The number of nitrogens with zero attached hydrogens (tertiary/aromatic N) is 1. The molecule has 5 rings (SSSR count). The second-order valence-corrected chi connectivity index (χ2v) is 7.04. The standard InChI is InChI=1S/C20H15N3OS/c24-19(14-5-6-15-13(9-14)7-8-21-15)18-11-25-20(23-18)17-10-12-3-1-2-4-16(12)22-17/h1-6,9-11,21-22H,7-8H2. The smallest absolute Gasteiger partial charge is 0.212 e. The van der Waals surface area contributed by atoms with E-state index in [-0.39, 0.29) is 5.78 Å². The lowest BCUT2D eigenvalue weighted by atomic mass is 10.0. The zero-order valence-corrected chi connectivity index (χ0v) is 14.2. The summed E-state index contributed by atoms with van der Waals surface area (Å²) < 4.78 is 0. The van der Waals surface area contributed by atoms with E-state index in [1.165, 1.54) is 16.9 Å². The molecule has 0 fully saturated rings. The van der Waals surface area contributed by atoms with Crippen LogP contribution in [0.4, 0.5) is 5.69 Å². The molecule has 1 aliphatic rings. The quantitative estimate of drug-likeness (QED) is 0.538. The van der Waals surface area contributed by atoms with Crippen molar-refractivity contribution < 1.29 is 4.79 Å². The zero-order chi connectivity index (χ0) is 16.8. The van der Waals surface area contributed by atoms with Crippen molar-refractivity contribution in [3.63, 3.8) is 0 Å². The van der Waals surface area contributed by atoms with Crippen LogP contribution in [0, 0.1) is 0 Å². The van der Waals surface area contributed by atoms with Gasteiger partial charge < -0.3 is 10.3 Å². The van der Waals surface area contributed by atoms with Crippen LogP contribution in [-0.2, 0) is 6.42 Å². The highest BCUT2D eigenvalue weighted by Gasteiger charge is 2.18. The van der Waals surface area contributed by atoms with Crippen LogP contribution in [0.3, 0.4) is 0 Å². The number of carbonyl (C=O) groups excluding carboxylic acids is 1. The van der Waals surface area contributed by atoms with E-state index in [4.69, 9.17) is 0 Å². The van der Waals surface area contributed by atoms with Gasteiger partial charge in [0, 0.05) is 34.1 Å². The predicted octanol–water partition coefficient (Wildman–Crippen LogP) is 4.49. The summed E-state index contributed by atoms with van der Waals surface area (Å²) in [7, 11) is 0. The molecule has 122 valence electrons. The van der Waals surface area contributed by atoms with Crippen molar-refractivity contribution in [2.24, 2.45) is 0 Å². The molecule has 4 aromatic rings. The SMILES string of the molecule is O=C(c1ccc2c(c1)CCN2)c1csc(-c2cc3ccccc3[nH]2)n1. The summed E-state index contributed by atoms with van der Waals surface area (Å²) >= 11 is 1.49. The van der Waals surface area contributed by atoms with Crippen LogP contribution < -0.4 is 5.32 Å². The first-order chi connectivity index (χ1) is 12.3. The third-order valence-corrected chi connectivity index (χ3v) is 5.45. The number of rotatable bonds is 3. The Labute approximate surface area is 148 Å². The van der Waals surface area contributed by atoms with Gasteiger partial charge in [-0.3, -0.25) is 4.79 Å². The van der Waals surface area contributed by atoms with E-state index in [0.717, 1.165) is 40.3 Å². The first-order valence-electron chi connectivity index (χ1n) is 8.23. The summed E-state index contributed by atoms with van der Waals surface area (Å²) in [6.45, 7) is 0.939. The molecular weight excluding hydrogens is 330 g/mol. The minimum absolute atomic E-state index is 0.0201. The molecule has 25 heavy (non-hydrogen) atoms. The highest BCUT2D eigenvalue weighted by molar-refractivity contribution is 7.13. The van der Waals surface area contributed by atoms with Gasteiger partial charge in [-0.15, -0.1) is 11.3 Å². The van der Waals surface area contributed by atoms with E-state index in [0.29, 0.717) is 11.3 Å². The molecule has 3 heterocycles. The van der Waals surface area contributed by atoms with E-state index >= 15 is 0 Å². The first kappa shape index (κ1) is 14.4. The number of aromatic nitrogens is 2. The number of ketones is 1. The maximum atomic E-state index is 12.8. The van der Waals surface area contributed by atoms with Crippen LogP contribution in [-0.4, -0.2) is 22.3 Å². The van der Waals surface area contributed by atoms with Crippen LogP contribution in [0.25, 0.3) is 21.6 Å². The van der Waals surface area contributed by atoms with Crippen molar-refractivity contribution in [3.05, 3.63) is 70.7 Å². The van der Waals surface area contributed by atoms with E-state index in [9.17, 15) is 4.79 Å². The van der Waals surface area contributed by atoms with Crippen molar-refractivity contribution in [1.82, 2.24) is 9.97 Å². The molecule has 0 radical (unpaired) electrons. The van der Waals surface area contributed by atoms with E-state index in [1.807, 2.05) is 41.8 Å². The number of hydrogen-bond acceptors (Lipinski definition) is 4. The summed E-state index contributed by atoms with van der Waals surface area (Å²) in [4.78, 5) is 20.7. The van der Waals surface area contributed by atoms with Gasteiger partial charge >= 0.3 is 0 Å². The van der Waals surface area contributed by atoms with Crippen molar-refractivity contribution in [3.8, 4) is 10.7 Å². The molecular formula is C20H15N3OS. The Morgan fingerprint density at radius 3 is 2.96 bits per heavy atom. The lowest BCUT2D eigenvalue weighted by Gasteiger charge is -2.02. The van der Waals surface area contributed by atoms with Gasteiger partial charge in [0.25, 0.3) is 0 Å². The summed E-state index contributed by atoms with van der Waals surface area (Å²) in [5, 5.41) is 7.14. The number of aromatic amines is 1. The maximum absolute atomic E-state index is 12.8. The number of carbonyl (C=O) groups is 1. The number of H-pyrrole nitrogens is 1. The summed E-state index contributed by atoms with van der Waals surface area (Å²) in [6, 6.07) is 16.0. The van der Waals surface area contributed by atoms with Gasteiger partial charge in [-0.1, -0.05) is 18.2 Å². The molecule has 0 saturated heterocycles. The average molecular weight is 345 g/mol. The van der Waals surface area contributed by atoms with Gasteiger partial charge in [0.1, 0.15) is 10.7 Å². The second-order valence-electron chi connectivity index (χ2n) is 6.19. The van der Waals surface area contributed by atoms with E-state index < -0.39 is 0 Å². The van der Waals surface area contributed by atoms with Gasteiger partial charge in [-0.05, 0) is 42.3 Å². The lowest BCUT2D eigenvalue weighted by molar-refractivity contribution is 0.103. The number of nitrogens with one attached hydrogen (secondary N) is 2. The maximum Gasteiger partial charge on any atom is 0.212 e. The third-order valence-electron chi connectivity index (χ3n) is 4.57. The van der Waals surface area contributed by atoms with Crippen LogP contribution >= 0.6 is 11.3 Å². The van der Waals surface area contributed by atoms with Crippen LogP contribution in [0.5, 0.6) is 0 Å². The Bertz CT molecular complexity index is 1080. The first-order valence-corrected chi connectivity index (χ1v) is 9.11. The fraction of sp³-hybridized carbons (Fsp3) is 0.100. The van der Waals surface area contributed by atoms with Crippen LogP contribution in [0.1, 0.15) is 21.6 Å². The van der Waals surface area contributed by atoms with E-state index in [2.05, 4.69) is 27.4 Å². The molecule has 2 N–H and O–H groups in total. The number of para-hydroxylation sites is 1. The Balaban J connectivity index is 1.48. The summed E-state index contributed by atoms with van der Waals surface area (Å²) in [6.07, 6.45) is 0.966. The molecule has 4 nitrogen and oxygen atoms in total. The average Bonchev–Trinajstić information content (AvgIpc) is 3.37. The van der Waals surface area contributed by atoms with Crippen molar-refractivity contribution >= 4 is 33.7 Å². The van der Waals surface area contributed by atoms with Crippen molar-refractivity contribution in [2.45, 2.75) is 6.42 Å². The molecule has 0 amide bonds. The molecule has 2 aromatic carbocycles. The minimum atomic E-state index is -0.0201. The molecule has 0 spiro atoms. The van der Waals surface area contributed by atoms with E-state index in [1.54, 1.807) is 0 Å². The molecule has 0 aliphatic carbocycles. The molecule has 5 heteroatoms. The highest BCUT2D eigenvalue weighted by atomic mass is 32.1. The molecule has 1 aliphatic heterocycles. The van der Waals surface area contributed by atoms with Crippen molar-refractivity contribution in [1.29, 1.82) is 0 Å². The Kier molecular flexibility index (Phi) is 3.21. The van der Waals surface area contributed by atoms with Gasteiger partial charge in [0.2, 0.25) is 5.78 Å². The molecule has 0 saturated carbocycles. The molecule has 0 bridgehead atoms. The number of anilines is 1. The van der Waals surface area contributed by atoms with Crippen LogP contribution in [0.2, 0.25) is 0 Å². The third kappa shape index (κ3) is 2.44. The largest absolute Gasteiger partial charge is 0.384 e. The van der Waals surface area contributed by atoms with Gasteiger partial charge in [0.05, 0.1) is 5.69 Å². The van der Waals surface area contributed by atoms with Crippen LogP contribution in [0.15, 0.2) is 53.9 Å². The number of hydrogen-bond donors (Lipinski definition) is 2. The Hall–Kier alpha value is -2.92. The lowest BCUT2D eigenvalue weighted by Crippen LogP contribution is -2.02. The fourth-order valence-corrected chi connectivity index (χ4v) is 4.06. The number of thiazole rings is 1. The summed E-state index contributed by atoms with van der Waals surface area (Å²) in [5.74, 6) is -0.0201. The second kappa shape index (κ2) is 5.57. The zero-order valence-electron chi connectivity index (χ0n) is 13.4. The van der Waals surface area contributed by atoms with Gasteiger partial charge in [0.15, 0.2) is 0 Å². The fourth-order valence-electron chi connectivity index (χ4n) is 3.28. The van der Waals surface area contributed by atoms with Crippen molar-refractivity contribution in [2.75, 3.05) is 11.9 Å². The summed E-state index contributed by atoms with van der Waals surface area (Å²) in [5.41, 5.74) is 5.57. The normalized spacial score (nSPS) is 13.0. The highest BCUT2D eigenvalue weighted by Crippen LogP contribution is 2.28. The van der Waals surface area contributed by atoms with Gasteiger partial charge in [-0.2, -0.15) is 0 Å². The molecule has 0 unspecified atom stereocenters. The topological polar surface area (TPSA) is 57.8 Å². The molecule has 2 aromatic heterocycles. The molecule has 0 atom stereocenters. The predicted molar refractivity (Wildman–Crippen MR) is 101 cm³/mol. The number of fused-ring (bicyclic) bond motifs is 2.